The molecule has 18 heavy (non-hydrogen) atoms. The predicted molar refractivity (Wildman–Crippen MR) is 71.5 cm³/mol. The van der Waals surface area contributed by atoms with Crippen LogP contribution in [-0.2, 0) is 14.3 Å². The van der Waals surface area contributed by atoms with E-state index >= 15 is 0 Å². The molecule has 0 bridgehead atoms. The van der Waals surface area contributed by atoms with Gasteiger partial charge in [-0.05, 0) is 20.3 Å². The topological polar surface area (TPSA) is 55.8 Å². The lowest BCUT2D eigenvalue weighted by molar-refractivity contribution is -0.262. The van der Waals surface area contributed by atoms with E-state index in [0.29, 0.717) is 6.42 Å². The molecule has 1 aliphatic heterocycles. The maximum absolute atomic E-state index is 9.87. The van der Waals surface area contributed by atoms with E-state index in [2.05, 4.69) is 13.5 Å². The van der Waals surface area contributed by atoms with E-state index in [1.165, 1.54) is 0 Å². The smallest absolute Gasteiger partial charge is 0.303 e. The van der Waals surface area contributed by atoms with Crippen LogP contribution in [0.4, 0.5) is 0 Å². The Morgan fingerprint density at radius 3 is 2.56 bits per heavy atom. The van der Waals surface area contributed by atoms with Gasteiger partial charge < -0.3 is 14.6 Å². The average molecular weight is 258 g/mol. The van der Waals surface area contributed by atoms with Crippen molar-refractivity contribution in [3.63, 3.8) is 0 Å². The molecule has 1 heterocycles. The second kappa shape index (κ2) is 9.11. The molecule has 1 rings (SSSR count). The lowest BCUT2D eigenvalue weighted by atomic mass is 10.2. The van der Waals surface area contributed by atoms with E-state index in [-0.39, 0.29) is 6.10 Å². The van der Waals surface area contributed by atoms with Crippen LogP contribution in [0, 0.1) is 0 Å². The minimum absolute atomic E-state index is 0.170. The van der Waals surface area contributed by atoms with Crippen LogP contribution < -0.4 is 0 Å². The minimum atomic E-state index is -0.682. The summed E-state index contributed by atoms with van der Waals surface area (Å²) in [6, 6.07) is 0. The van der Waals surface area contributed by atoms with Crippen LogP contribution in [-0.4, -0.2) is 29.6 Å². The highest BCUT2D eigenvalue weighted by Crippen LogP contribution is 2.21. The maximum atomic E-state index is 9.87. The number of carbonyl (C=O) groups is 1. The van der Waals surface area contributed by atoms with Gasteiger partial charge in [-0.15, -0.1) is 6.58 Å². The summed E-state index contributed by atoms with van der Waals surface area (Å²) in [4.78, 5) is 9.87. The summed E-state index contributed by atoms with van der Waals surface area (Å²) in [7, 11) is 0. The molecule has 0 aromatic rings. The molecule has 1 fully saturated rings. The van der Waals surface area contributed by atoms with Gasteiger partial charge in [0.15, 0.2) is 5.79 Å². The first-order valence-electron chi connectivity index (χ1n) is 6.57. The third-order valence-corrected chi connectivity index (χ3v) is 2.54. The van der Waals surface area contributed by atoms with Crippen LogP contribution in [0.25, 0.3) is 0 Å². The molecule has 0 radical (unpaired) electrons. The summed E-state index contributed by atoms with van der Waals surface area (Å²) < 4.78 is 10.8. The van der Waals surface area contributed by atoms with E-state index in [9.17, 15) is 4.79 Å². The van der Waals surface area contributed by atoms with Crippen molar-refractivity contribution in [1.82, 2.24) is 0 Å². The highest BCUT2D eigenvalue weighted by molar-refractivity contribution is 5.66. The number of carboxylic acids is 1. The summed E-state index contributed by atoms with van der Waals surface area (Å²) in [6.07, 6.45) is 6.19. The summed E-state index contributed by atoms with van der Waals surface area (Å²) in [5.41, 5.74) is 0. The zero-order chi connectivity index (χ0) is 14.0. The largest absolute Gasteiger partial charge is 0.481 e. The molecule has 1 aliphatic rings. The highest BCUT2D eigenvalue weighted by Gasteiger charge is 2.27. The Hall–Kier alpha value is -0.870. The molecule has 0 aliphatic carbocycles. The molecular weight excluding hydrogens is 232 g/mol. The highest BCUT2D eigenvalue weighted by atomic mass is 16.7. The van der Waals surface area contributed by atoms with Crippen molar-refractivity contribution >= 4 is 5.97 Å². The Morgan fingerprint density at radius 2 is 2.17 bits per heavy atom. The van der Waals surface area contributed by atoms with Gasteiger partial charge in [-0.1, -0.05) is 25.8 Å². The quantitative estimate of drug-likeness (QED) is 0.607. The van der Waals surface area contributed by atoms with E-state index < -0.39 is 11.8 Å². The van der Waals surface area contributed by atoms with Gasteiger partial charge in [0.25, 0.3) is 0 Å². The second-order valence-corrected chi connectivity index (χ2v) is 4.78. The summed E-state index contributed by atoms with van der Waals surface area (Å²) in [6.45, 7) is 10.3. The van der Waals surface area contributed by atoms with Gasteiger partial charge in [-0.2, -0.15) is 0 Å². The third-order valence-electron chi connectivity index (χ3n) is 2.54. The third kappa shape index (κ3) is 9.19. The number of hydrogen-bond donors (Lipinski definition) is 1. The number of carboxylic acid groups (broad SMARTS) is 1. The molecule has 1 unspecified atom stereocenters. The zero-order valence-electron chi connectivity index (χ0n) is 11.8. The maximum Gasteiger partial charge on any atom is 0.303 e. The number of hydrogen-bond acceptors (Lipinski definition) is 3. The van der Waals surface area contributed by atoms with Crippen LogP contribution in [0.5, 0.6) is 0 Å². The minimum Gasteiger partial charge on any atom is -0.481 e. The Bertz CT molecular complexity index is 248. The molecule has 106 valence electrons. The van der Waals surface area contributed by atoms with E-state index in [1.54, 1.807) is 0 Å². The summed E-state index contributed by atoms with van der Waals surface area (Å²) in [5.74, 6) is -1.10. The molecule has 4 nitrogen and oxygen atoms in total. The second-order valence-electron chi connectivity index (χ2n) is 4.78. The molecule has 0 spiro atoms. The van der Waals surface area contributed by atoms with Gasteiger partial charge in [0.05, 0.1) is 12.7 Å². The molecule has 4 heteroatoms. The van der Waals surface area contributed by atoms with E-state index in [4.69, 9.17) is 14.6 Å². The van der Waals surface area contributed by atoms with Crippen molar-refractivity contribution in [3.05, 3.63) is 12.7 Å². The lowest BCUT2D eigenvalue weighted by Gasteiger charge is -2.34. The molecule has 1 atom stereocenters. The first-order chi connectivity index (χ1) is 8.41. The first kappa shape index (κ1) is 17.1. The van der Waals surface area contributed by atoms with Crippen molar-refractivity contribution in [2.45, 2.75) is 64.8 Å². The standard InChI is InChI=1S/C8H14O2.C6H12O2/c1-4-7-5-6-9-8(2,3)10-7;1-2-3-4-5-6(7)8/h4,7H,1,5-6H2,2-3H3;2-5H2,1H3,(H,7,8). The zero-order valence-corrected chi connectivity index (χ0v) is 11.8. The van der Waals surface area contributed by atoms with Gasteiger partial charge in [-0.25, -0.2) is 0 Å². The number of aliphatic carboxylic acids is 1. The fourth-order valence-electron chi connectivity index (χ4n) is 1.57. The predicted octanol–water partition coefficient (Wildman–Crippen LogP) is 3.37. The van der Waals surface area contributed by atoms with Gasteiger partial charge in [0.2, 0.25) is 0 Å². The Labute approximate surface area is 110 Å². The molecular formula is C14H26O4. The summed E-state index contributed by atoms with van der Waals surface area (Å²) >= 11 is 0. The monoisotopic (exact) mass is 258 g/mol. The fourth-order valence-corrected chi connectivity index (χ4v) is 1.57. The van der Waals surface area contributed by atoms with Crippen LogP contribution >= 0.6 is 0 Å². The van der Waals surface area contributed by atoms with Gasteiger partial charge in [0.1, 0.15) is 0 Å². The average Bonchev–Trinajstić information content (AvgIpc) is 2.28. The van der Waals surface area contributed by atoms with Gasteiger partial charge >= 0.3 is 5.97 Å². The molecule has 0 aromatic heterocycles. The Kier molecular flexibility index (Phi) is 8.67. The van der Waals surface area contributed by atoms with Crippen LogP contribution in [0.3, 0.4) is 0 Å². The molecule has 1 N–H and O–H groups in total. The van der Waals surface area contributed by atoms with Crippen molar-refractivity contribution in [3.8, 4) is 0 Å². The van der Waals surface area contributed by atoms with Crippen molar-refractivity contribution in [2.24, 2.45) is 0 Å². The van der Waals surface area contributed by atoms with E-state index in [1.807, 2.05) is 19.9 Å². The van der Waals surface area contributed by atoms with Crippen LogP contribution in [0.1, 0.15) is 52.9 Å². The summed E-state index contributed by atoms with van der Waals surface area (Å²) in [5, 5.41) is 8.14. The number of ether oxygens (including phenoxy) is 2. The Balaban J connectivity index is 0.000000331. The van der Waals surface area contributed by atoms with Crippen molar-refractivity contribution in [1.29, 1.82) is 0 Å². The number of rotatable bonds is 5. The molecule has 0 saturated carbocycles. The van der Waals surface area contributed by atoms with Gasteiger partial charge in [0, 0.05) is 12.8 Å². The van der Waals surface area contributed by atoms with Crippen LogP contribution in [0.2, 0.25) is 0 Å². The van der Waals surface area contributed by atoms with Crippen molar-refractivity contribution in [2.75, 3.05) is 6.61 Å². The molecule has 0 aromatic carbocycles. The number of unbranched alkanes of at least 4 members (excludes halogenated alkanes) is 2. The Morgan fingerprint density at radius 1 is 1.50 bits per heavy atom. The first-order valence-corrected chi connectivity index (χ1v) is 6.57. The van der Waals surface area contributed by atoms with E-state index in [0.717, 1.165) is 32.3 Å². The molecule has 0 amide bonds. The lowest BCUT2D eigenvalue weighted by Crippen LogP contribution is -2.38. The normalized spacial score (nSPS) is 21.6. The van der Waals surface area contributed by atoms with Gasteiger partial charge in [-0.3, -0.25) is 4.79 Å². The molecule has 1 saturated heterocycles. The SMILES string of the molecule is C=CC1CCOC(C)(C)O1.CCCCCC(=O)O. The fraction of sp³-hybridized carbons (Fsp3) is 0.786. The van der Waals surface area contributed by atoms with Crippen LogP contribution in [0.15, 0.2) is 12.7 Å². The van der Waals surface area contributed by atoms with Crippen molar-refractivity contribution < 1.29 is 19.4 Å².